The Hall–Kier alpha value is -1.86. The maximum Gasteiger partial charge on any atom is 0.416 e. The SMILES string of the molecule is Cc1cc(-c2ccc(C(F)(F)F)cc2)ccc1C(C)COS(C)(=O)=O. The number of benzene rings is 2. The molecule has 0 bridgehead atoms. The molecule has 136 valence electrons. The molecule has 0 radical (unpaired) electrons. The summed E-state index contributed by atoms with van der Waals surface area (Å²) in [4.78, 5) is 0. The van der Waals surface area contributed by atoms with Crippen LogP contribution in [-0.2, 0) is 20.5 Å². The van der Waals surface area contributed by atoms with Crippen molar-refractivity contribution >= 4 is 10.1 Å². The standard InChI is InChI=1S/C18H19F3O3S/c1-12-10-15(14-4-7-16(8-5-14)18(19,20)21)6-9-17(12)13(2)11-24-25(3,22)23/h4-10,13H,11H2,1-3H3. The third-order valence-corrected chi connectivity index (χ3v) is 4.44. The summed E-state index contributed by atoms with van der Waals surface area (Å²) in [5, 5.41) is 0. The van der Waals surface area contributed by atoms with E-state index in [1.807, 2.05) is 32.0 Å². The molecule has 25 heavy (non-hydrogen) atoms. The quantitative estimate of drug-likeness (QED) is 0.711. The molecular formula is C18H19F3O3S. The van der Waals surface area contributed by atoms with Crippen LogP contribution in [0.5, 0.6) is 0 Å². The van der Waals surface area contributed by atoms with Crippen LogP contribution in [0.2, 0.25) is 0 Å². The zero-order chi connectivity index (χ0) is 18.8. The summed E-state index contributed by atoms with van der Waals surface area (Å²) in [6.07, 6.45) is -3.35. The average molecular weight is 372 g/mol. The van der Waals surface area contributed by atoms with E-state index >= 15 is 0 Å². The highest BCUT2D eigenvalue weighted by Crippen LogP contribution is 2.32. The summed E-state index contributed by atoms with van der Waals surface area (Å²) in [6.45, 7) is 3.77. The van der Waals surface area contributed by atoms with Gasteiger partial charge in [0.1, 0.15) is 0 Å². The number of alkyl halides is 3. The normalized spacial score (nSPS) is 13.7. The third kappa shape index (κ3) is 5.31. The topological polar surface area (TPSA) is 43.4 Å². The highest BCUT2D eigenvalue weighted by atomic mass is 32.2. The van der Waals surface area contributed by atoms with E-state index < -0.39 is 21.9 Å². The van der Waals surface area contributed by atoms with Gasteiger partial charge in [-0.1, -0.05) is 37.3 Å². The lowest BCUT2D eigenvalue weighted by atomic mass is 9.93. The minimum absolute atomic E-state index is 0.0410. The van der Waals surface area contributed by atoms with Gasteiger partial charge in [-0.25, -0.2) is 0 Å². The minimum Gasteiger partial charge on any atom is -0.270 e. The van der Waals surface area contributed by atoms with Gasteiger partial charge in [0.15, 0.2) is 0 Å². The molecule has 0 heterocycles. The molecule has 2 aromatic carbocycles. The van der Waals surface area contributed by atoms with Crippen LogP contribution >= 0.6 is 0 Å². The molecule has 7 heteroatoms. The molecule has 1 atom stereocenters. The maximum atomic E-state index is 12.6. The summed E-state index contributed by atoms with van der Waals surface area (Å²) in [7, 11) is -3.50. The second-order valence-electron chi connectivity index (χ2n) is 6.04. The van der Waals surface area contributed by atoms with E-state index in [1.54, 1.807) is 0 Å². The minimum atomic E-state index is -4.35. The molecule has 1 unspecified atom stereocenters. The summed E-state index contributed by atoms with van der Waals surface area (Å²) in [5.41, 5.74) is 2.64. The van der Waals surface area contributed by atoms with Crippen LogP contribution in [0.3, 0.4) is 0 Å². The first-order valence-electron chi connectivity index (χ1n) is 7.60. The van der Waals surface area contributed by atoms with E-state index in [-0.39, 0.29) is 12.5 Å². The monoisotopic (exact) mass is 372 g/mol. The first-order chi connectivity index (χ1) is 11.5. The molecule has 0 spiro atoms. The molecule has 3 nitrogen and oxygen atoms in total. The Morgan fingerprint density at radius 3 is 2.08 bits per heavy atom. The zero-order valence-corrected chi connectivity index (χ0v) is 14.9. The van der Waals surface area contributed by atoms with Crippen LogP contribution < -0.4 is 0 Å². The van der Waals surface area contributed by atoms with Gasteiger partial charge in [0.25, 0.3) is 10.1 Å². The van der Waals surface area contributed by atoms with Gasteiger partial charge < -0.3 is 0 Å². The number of hydrogen-bond donors (Lipinski definition) is 0. The van der Waals surface area contributed by atoms with Crippen molar-refractivity contribution in [3.63, 3.8) is 0 Å². The lowest BCUT2D eigenvalue weighted by Crippen LogP contribution is -2.10. The van der Waals surface area contributed by atoms with Gasteiger partial charge >= 0.3 is 6.18 Å². The van der Waals surface area contributed by atoms with Gasteiger partial charge in [-0.2, -0.15) is 21.6 Å². The smallest absolute Gasteiger partial charge is 0.270 e. The van der Waals surface area contributed by atoms with Crippen molar-refractivity contribution in [2.45, 2.75) is 25.9 Å². The summed E-state index contributed by atoms with van der Waals surface area (Å²) in [6, 6.07) is 10.5. The van der Waals surface area contributed by atoms with Crippen LogP contribution in [-0.4, -0.2) is 21.3 Å². The highest BCUT2D eigenvalue weighted by Gasteiger charge is 2.29. The van der Waals surface area contributed by atoms with Crippen molar-refractivity contribution < 1.29 is 25.8 Å². The Morgan fingerprint density at radius 2 is 1.60 bits per heavy atom. The van der Waals surface area contributed by atoms with Gasteiger partial charge in [0.2, 0.25) is 0 Å². The zero-order valence-electron chi connectivity index (χ0n) is 14.1. The van der Waals surface area contributed by atoms with E-state index in [2.05, 4.69) is 0 Å². The number of rotatable bonds is 5. The Labute approximate surface area is 145 Å². The van der Waals surface area contributed by atoms with E-state index in [9.17, 15) is 21.6 Å². The molecule has 0 fully saturated rings. The Bertz CT molecular complexity index is 841. The molecule has 2 aromatic rings. The largest absolute Gasteiger partial charge is 0.416 e. The fraction of sp³-hybridized carbons (Fsp3) is 0.333. The van der Waals surface area contributed by atoms with Crippen molar-refractivity contribution in [1.82, 2.24) is 0 Å². The van der Waals surface area contributed by atoms with Gasteiger partial charge in [-0.05, 0) is 41.3 Å². The van der Waals surface area contributed by atoms with Gasteiger partial charge in [-0.3, -0.25) is 4.18 Å². The first kappa shape index (κ1) is 19.5. The van der Waals surface area contributed by atoms with Crippen LogP contribution in [0, 0.1) is 6.92 Å². The lowest BCUT2D eigenvalue weighted by Gasteiger charge is -2.16. The molecule has 0 N–H and O–H groups in total. The van der Waals surface area contributed by atoms with Crippen LogP contribution in [0.25, 0.3) is 11.1 Å². The fourth-order valence-electron chi connectivity index (χ4n) is 2.58. The molecule has 0 aliphatic carbocycles. The molecule has 0 aliphatic heterocycles. The lowest BCUT2D eigenvalue weighted by molar-refractivity contribution is -0.137. The second-order valence-corrected chi connectivity index (χ2v) is 7.68. The third-order valence-electron chi connectivity index (χ3n) is 3.88. The van der Waals surface area contributed by atoms with Crippen molar-refractivity contribution in [1.29, 1.82) is 0 Å². The Morgan fingerprint density at radius 1 is 1.04 bits per heavy atom. The molecule has 0 saturated heterocycles. The average Bonchev–Trinajstić information content (AvgIpc) is 2.51. The molecular weight excluding hydrogens is 353 g/mol. The molecule has 0 amide bonds. The van der Waals surface area contributed by atoms with E-state index in [1.165, 1.54) is 12.1 Å². The molecule has 2 rings (SSSR count). The fourth-order valence-corrected chi connectivity index (χ4v) is 3.03. The van der Waals surface area contributed by atoms with E-state index in [0.717, 1.165) is 35.1 Å². The predicted octanol–water partition coefficient (Wildman–Crippen LogP) is 4.76. The molecule has 0 aliphatic rings. The summed E-state index contributed by atoms with van der Waals surface area (Å²) < 4.78 is 64.9. The van der Waals surface area contributed by atoms with Crippen LogP contribution in [0.4, 0.5) is 13.2 Å². The Balaban J connectivity index is 2.21. The highest BCUT2D eigenvalue weighted by molar-refractivity contribution is 7.85. The van der Waals surface area contributed by atoms with Crippen LogP contribution in [0.1, 0.15) is 29.5 Å². The van der Waals surface area contributed by atoms with Crippen molar-refractivity contribution in [3.05, 3.63) is 59.2 Å². The Kier molecular flexibility index (Phi) is 5.58. The first-order valence-corrected chi connectivity index (χ1v) is 9.41. The van der Waals surface area contributed by atoms with Crippen molar-refractivity contribution in [2.24, 2.45) is 0 Å². The predicted molar refractivity (Wildman–Crippen MR) is 90.8 cm³/mol. The van der Waals surface area contributed by atoms with E-state index in [0.29, 0.717) is 5.56 Å². The number of halogens is 3. The number of hydrogen-bond acceptors (Lipinski definition) is 3. The second kappa shape index (κ2) is 7.17. The van der Waals surface area contributed by atoms with Gasteiger partial charge in [-0.15, -0.1) is 0 Å². The molecule has 0 saturated carbocycles. The van der Waals surface area contributed by atoms with Gasteiger partial charge in [0, 0.05) is 5.92 Å². The number of aryl methyl sites for hydroxylation is 1. The van der Waals surface area contributed by atoms with Crippen molar-refractivity contribution in [2.75, 3.05) is 12.9 Å². The summed E-state index contributed by atoms with van der Waals surface area (Å²) in [5.74, 6) is -0.128. The summed E-state index contributed by atoms with van der Waals surface area (Å²) >= 11 is 0. The van der Waals surface area contributed by atoms with Crippen LogP contribution in [0.15, 0.2) is 42.5 Å². The van der Waals surface area contributed by atoms with Crippen molar-refractivity contribution in [3.8, 4) is 11.1 Å². The maximum absolute atomic E-state index is 12.6. The molecule has 0 aromatic heterocycles. The van der Waals surface area contributed by atoms with Gasteiger partial charge in [0.05, 0.1) is 18.4 Å². The van der Waals surface area contributed by atoms with E-state index in [4.69, 9.17) is 4.18 Å².